The fourth-order valence-electron chi connectivity index (χ4n) is 3.09. The van der Waals surface area contributed by atoms with E-state index in [0.717, 1.165) is 45.3 Å². The maximum atomic E-state index is 12.4. The van der Waals surface area contributed by atoms with E-state index >= 15 is 0 Å². The molecule has 1 fully saturated rings. The van der Waals surface area contributed by atoms with Gasteiger partial charge in [-0.3, -0.25) is 4.79 Å². The van der Waals surface area contributed by atoms with Crippen molar-refractivity contribution in [1.29, 1.82) is 0 Å². The summed E-state index contributed by atoms with van der Waals surface area (Å²) in [6.07, 6.45) is 11.1. The number of piperidine rings is 1. The van der Waals surface area contributed by atoms with Crippen molar-refractivity contribution in [1.82, 2.24) is 10.6 Å². The predicted molar refractivity (Wildman–Crippen MR) is 74.3 cm³/mol. The Hall–Kier alpha value is -0.830. The average Bonchev–Trinajstić information content (AvgIpc) is 2.46. The van der Waals surface area contributed by atoms with Gasteiger partial charge in [-0.25, -0.2) is 0 Å². The Morgan fingerprint density at radius 3 is 3.00 bits per heavy atom. The molecule has 18 heavy (non-hydrogen) atoms. The minimum atomic E-state index is -0.150. The highest BCUT2D eigenvalue weighted by atomic mass is 16.2. The minimum absolute atomic E-state index is 0.150. The molecule has 1 amide bonds. The van der Waals surface area contributed by atoms with Crippen LogP contribution >= 0.6 is 0 Å². The molecule has 0 spiro atoms. The van der Waals surface area contributed by atoms with Crippen LogP contribution in [-0.2, 0) is 4.79 Å². The molecule has 2 N–H and O–H groups in total. The van der Waals surface area contributed by atoms with Crippen molar-refractivity contribution in [3.8, 4) is 0 Å². The molecule has 2 aliphatic rings. The van der Waals surface area contributed by atoms with E-state index in [1.54, 1.807) is 0 Å². The molecule has 0 aromatic rings. The zero-order valence-corrected chi connectivity index (χ0v) is 11.5. The van der Waals surface area contributed by atoms with E-state index in [1.165, 1.54) is 12.8 Å². The van der Waals surface area contributed by atoms with E-state index in [2.05, 4.69) is 29.7 Å². The molecular weight excluding hydrogens is 224 g/mol. The van der Waals surface area contributed by atoms with Crippen molar-refractivity contribution in [2.75, 3.05) is 19.6 Å². The molecule has 3 nitrogen and oxygen atoms in total. The summed E-state index contributed by atoms with van der Waals surface area (Å²) in [5.41, 5.74) is -0.150. The Balaban J connectivity index is 1.83. The van der Waals surface area contributed by atoms with Gasteiger partial charge < -0.3 is 10.6 Å². The van der Waals surface area contributed by atoms with Gasteiger partial charge in [0.15, 0.2) is 0 Å². The third-order valence-corrected chi connectivity index (χ3v) is 4.56. The second kappa shape index (κ2) is 6.37. The van der Waals surface area contributed by atoms with Crippen LogP contribution in [0.5, 0.6) is 0 Å². The third-order valence-electron chi connectivity index (χ3n) is 4.56. The zero-order valence-electron chi connectivity index (χ0n) is 11.5. The molecule has 1 aliphatic heterocycles. The molecule has 0 bridgehead atoms. The van der Waals surface area contributed by atoms with Crippen molar-refractivity contribution in [2.45, 2.75) is 45.4 Å². The highest BCUT2D eigenvalue weighted by Gasteiger charge is 2.37. The summed E-state index contributed by atoms with van der Waals surface area (Å²) in [4.78, 5) is 12.4. The lowest BCUT2D eigenvalue weighted by Crippen LogP contribution is -2.51. The first-order valence-corrected chi connectivity index (χ1v) is 7.41. The van der Waals surface area contributed by atoms with Gasteiger partial charge in [-0.05, 0) is 51.0 Å². The monoisotopic (exact) mass is 250 g/mol. The lowest BCUT2D eigenvalue weighted by atomic mass is 9.77. The smallest absolute Gasteiger partial charge is 0.227 e. The molecule has 0 aromatic carbocycles. The number of amides is 1. The van der Waals surface area contributed by atoms with Gasteiger partial charge in [-0.15, -0.1) is 0 Å². The fraction of sp³-hybridized carbons (Fsp3) is 0.800. The lowest BCUT2D eigenvalue weighted by molar-refractivity contribution is -0.132. The number of nitrogens with one attached hydrogen (secondary N) is 2. The Morgan fingerprint density at radius 2 is 2.39 bits per heavy atom. The van der Waals surface area contributed by atoms with Crippen LogP contribution in [0.25, 0.3) is 0 Å². The van der Waals surface area contributed by atoms with Gasteiger partial charge in [0.2, 0.25) is 5.91 Å². The Bertz CT molecular complexity index is 306. The minimum Gasteiger partial charge on any atom is -0.355 e. The highest BCUT2D eigenvalue weighted by Crippen LogP contribution is 2.30. The molecule has 2 unspecified atom stereocenters. The molecule has 1 aliphatic carbocycles. The Morgan fingerprint density at radius 1 is 1.50 bits per heavy atom. The number of carbonyl (C=O) groups is 1. The standard InChI is InChI=1S/C15H26N2O/c1-2-15(9-6-10-16-12-15)14(18)17-11-13-7-4-3-5-8-13/h3-4,13,16H,2,5-12H2,1H3,(H,17,18). The van der Waals surface area contributed by atoms with E-state index < -0.39 is 0 Å². The summed E-state index contributed by atoms with van der Waals surface area (Å²) in [5.74, 6) is 0.913. The molecule has 0 aromatic heterocycles. The second-order valence-corrected chi connectivity index (χ2v) is 5.77. The Kier molecular flexibility index (Phi) is 4.81. The third kappa shape index (κ3) is 3.14. The summed E-state index contributed by atoms with van der Waals surface area (Å²) in [7, 11) is 0. The van der Waals surface area contributed by atoms with Crippen molar-refractivity contribution in [3.05, 3.63) is 12.2 Å². The summed E-state index contributed by atoms with van der Waals surface area (Å²) in [5, 5.41) is 6.57. The van der Waals surface area contributed by atoms with Crippen LogP contribution in [0.15, 0.2) is 12.2 Å². The van der Waals surface area contributed by atoms with Gasteiger partial charge in [-0.2, -0.15) is 0 Å². The van der Waals surface area contributed by atoms with Crippen LogP contribution in [0.4, 0.5) is 0 Å². The Labute approximate surface area is 110 Å². The largest absolute Gasteiger partial charge is 0.355 e. The van der Waals surface area contributed by atoms with Crippen LogP contribution in [0.1, 0.15) is 45.4 Å². The highest BCUT2D eigenvalue weighted by molar-refractivity contribution is 5.83. The van der Waals surface area contributed by atoms with Gasteiger partial charge in [-0.1, -0.05) is 19.1 Å². The maximum Gasteiger partial charge on any atom is 0.227 e. The molecule has 2 atom stereocenters. The second-order valence-electron chi connectivity index (χ2n) is 5.77. The maximum absolute atomic E-state index is 12.4. The normalized spacial score (nSPS) is 32.2. The molecule has 102 valence electrons. The van der Waals surface area contributed by atoms with E-state index in [1.807, 2.05) is 0 Å². The lowest BCUT2D eigenvalue weighted by Gasteiger charge is -2.36. The fourth-order valence-corrected chi connectivity index (χ4v) is 3.09. The first-order chi connectivity index (χ1) is 8.77. The van der Waals surface area contributed by atoms with Gasteiger partial charge in [0.05, 0.1) is 5.41 Å². The topological polar surface area (TPSA) is 41.1 Å². The van der Waals surface area contributed by atoms with Crippen LogP contribution in [-0.4, -0.2) is 25.5 Å². The van der Waals surface area contributed by atoms with Gasteiger partial charge in [0, 0.05) is 13.1 Å². The van der Waals surface area contributed by atoms with E-state index in [9.17, 15) is 4.79 Å². The molecule has 3 heteroatoms. The molecule has 0 radical (unpaired) electrons. The summed E-state index contributed by atoms with van der Waals surface area (Å²) in [6, 6.07) is 0. The van der Waals surface area contributed by atoms with Crippen molar-refractivity contribution in [2.24, 2.45) is 11.3 Å². The van der Waals surface area contributed by atoms with Gasteiger partial charge >= 0.3 is 0 Å². The summed E-state index contributed by atoms with van der Waals surface area (Å²) in [6.45, 7) is 4.89. The van der Waals surface area contributed by atoms with Gasteiger partial charge in [0.1, 0.15) is 0 Å². The number of hydrogen-bond acceptors (Lipinski definition) is 2. The molecule has 1 saturated heterocycles. The van der Waals surface area contributed by atoms with Crippen LogP contribution < -0.4 is 10.6 Å². The SMILES string of the molecule is CCC1(C(=O)NCC2CC=CCC2)CCCNC1. The van der Waals surface area contributed by atoms with Crippen molar-refractivity contribution >= 4 is 5.91 Å². The van der Waals surface area contributed by atoms with Crippen LogP contribution in [0, 0.1) is 11.3 Å². The van der Waals surface area contributed by atoms with Crippen molar-refractivity contribution in [3.63, 3.8) is 0 Å². The first-order valence-electron chi connectivity index (χ1n) is 7.41. The van der Waals surface area contributed by atoms with Gasteiger partial charge in [0.25, 0.3) is 0 Å². The number of carbonyl (C=O) groups excluding carboxylic acids is 1. The van der Waals surface area contributed by atoms with Crippen molar-refractivity contribution < 1.29 is 4.79 Å². The predicted octanol–water partition coefficient (Wildman–Crippen LogP) is 2.24. The zero-order chi connectivity index (χ0) is 12.8. The van der Waals surface area contributed by atoms with Crippen LogP contribution in [0.3, 0.4) is 0 Å². The summed E-state index contributed by atoms with van der Waals surface area (Å²) >= 11 is 0. The molecular formula is C15H26N2O. The van der Waals surface area contributed by atoms with Crippen LogP contribution in [0.2, 0.25) is 0 Å². The van der Waals surface area contributed by atoms with E-state index in [-0.39, 0.29) is 11.3 Å². The molecule has 1 heterocycles. The molecule has 0 saturated carbocycles. The quantitative estimate of drug-likeness (QED) is 0.751. The number of hydrogen-bond donors (Lipinski definition) is 2. The number of rotatable bonds is 4. The summed E-state index contributed by atoms with van der Waals surface area (Å²) < 4.78 is 0. The average molecular weight is 250 g/mol. The van der Waals surface area contributed by atoms with E-state index in [0.29, 0.717) is 5.92 Å². The number of allylic oxidation sites excluding steroid dienone is 2. The molecule has 2 rings (SSSR count). The first kappa shape index (κ1) is 13.6. The van der Waals surface area contributed by atoms with E-state index in [4.69, 9.17) is 0 Å².